The smallest absolute Gasteiger partial charge is 0.0128 e. The SMILES string of the molecule is CCNC(CCN1CC2CCCC2C1)C(C)(C)C. The van der Waals surface area contributed by atoms with E-state index in [1.165, 1.54) is 45.3 Å². The molecule has 0 aromatic carbocycles. The first kappa shape index (κ1) is 14.3. The molecule has 0 radical (unpaired) electrons. The average Bonchev–Trinajstić information content (AvgIpc) is 2.82. The third kappa shape index (κ3) is 3.48. The quantitative estimate of drug-likeness (QED) is 0.809. The summed E-state index contributed by atoms with van der Waals surface area (Å²) in [5, 5.41) is 3.67. The molecular weight excluding hydrogens is 220 g/mol. The Labute approximate surface area is 114 Å². The monoisotopic (exact) mass is 252 g/mol. The van der Waals surface area contributed by atoms with Gasteiger partial charge >= 0.3 is 0 Å². The molecule has 2 rings (SSSR count). The van der Waals surface area contributed by atoms with Gasteiger partial charge in [-0.25, -0.2) is 0 Å². The van der Waals surface area contributed by atoms with E-state index in [2.05, 4.69) is 37.9 Å². The third-order valence-corrected chi connectivity index (χ3v) is 5.03. The molecule has 2 nitrogen and oxygen atoms in total. The Balaban J connectivity index is 1.76. The van der Waals surface area contributed by atoms with Crippen molar-refractivity contribution in [3.8, 4) is 0 Å². The van der Waals surface area contributed by atoms with Gasteiger partial charge in [-0.05, 0) is 49.6 Å². The Morgan fingerprint density at radius 3 is 2.28 bits per heavy atom. The van der Waals surface area contributed by atoms with Crippen LogP contribution in [0.4, 0.5) is 0 Å². The minimum atomic E-state index is 0.381. The van der Waals surface area contributed by atoms with Gasteiger partial charge in [-0.3, -0.25) is 0 Å². The summed E-state index contributed by atoms with van der Waals surface area (Å²) in [4.78, 5) is 2.73. The summed E-state index contributed by atoms with van der Waals surface area (Å²) in [6, 6.07) is 0.656. The fraction of sp³-hybridized carbons (Fsp3) is 1.00. The first-order valence-electron chi connectivity index (χ1n) is 7.96. The fourth-order valence-corrected chi connectivity index (χ4v) is 3.91. The molecule has 1 N–H and O–H groups in total. The van der Waals surface area contributed by atoms with Gasteiger partial charge in [0.1, 0.15) is 0 Å². The van der Waals surface area contributed by atoms with Crippen LogP contribution in [0.3, 0.4) is 0 Å². The van der Waals surface area contributed by atoms with Crippen molar-refractivity contribution < 1.29 is 0 Å². The van der Waals surface area contributed by atoms with Gasteiger partial charge in [0.25, 0.3) is 0 Å². The van der Waals surface area contributed by atoms with E-state index in [0.29, 0.717) is 11.5 Å². The maximum absolute atomic E-state index is 3.67. The Bertz CT molecular complexity index is 244. The predicted molar refractivity (Wildman–Crippen MR) is 78.8 cm³/mol. The number of hydrogen-bond acceptors (Lipinski definition) is 2. The molecule has 1 saturated carbocycles. The van der Waals surface area contributed by atoms with Gasteiger partial charge in [-0.2, -0.15) is 0 Å². The van der Waals surface area contributed by atoms with E-state index in [-0.39, 0.29) is 0 Å². The van der Waals surface area contributed by atoms with E-state index in [4.69, 9.17) is 0 Å². The Kier molecular flexibility index (Phi) is 4.71. The van der Waals surface area contributed by atoms with Crippen LogP contribution in [-0.2, 0) is 0 Å². The summed E-state index contributed by atoms with van der Waals surface area (Å²) >= 11 is 0. The second-order valence-corrected chi connectivity index (χ2v) is 7.48. The van der Waals surface area contributed by atoms with Crippen molar-refractivity contribution in [1.29, 1.82) is 0 Å². The Morgan fingerprint density at radius 2 is 1.78 bits per heavy atom. The number of likely N-dealkylation sites (tertiary alicyclic amines) is 1. The van der Waals surface area contributed by atoms with Crippen LogP contribution in [-0.4, -0.2) is 37.1 Å². The summed E-state index contributed by atoms with van der Waals surface area (Å²) in [7, 11) is 0. The first-order valence-corrected chi connectivity index (χ1v) is 7.96. The maximum atomic E-state index is 3.67. The molecule has 2 fully saturated rings. The molecule has 0 amide bonds. The highest BCUT2D eigenvalue weighted by atomic mass is 15.2. The van der Waals surface area contributed by atoms with Crippen molar-refractivity contribution in [3.63, 3.8) is 0 Å². The lowest BCUT2D eigenvalue weighted by atomic mass is 9.84. The van der Waals surface area contributed by atoms with E-state index in [9.17, 15) is 0 Å². The van der Waals surface area contributed by atoms with Gasteiger partial charge in [0.05, 0.1) is 0 Å². The molecule has 106 valence electrons. The summed E-state index contributed by atoms with van der Waals surface area (Å²) in [5.74, 6) is 2.08. The number of nitrogens with zero attached hydrogens (tertiary/aromatic N) is 1. The molecule has 0 aromatic heterocycles. The van der Waals surface area contributed by atoms with Gasteiger partial charge < -0.3 is 10.2 Å². The molecule has 1 aliphatic heterocycles. The Hall–Kier alpha value is -0.0800. The van der Waals surface area contributed by atoms with E-state index < -0.39 is 0 Å². The van der Waals surface area contributed by atoms with Crippen molar-refractivity contribution in [3.05, 3.63) is 0 Å². The Morgan fingerprint density at radius 1 is 1.17 bits per heavy atom. The number of fused-ring (bicyclic) bond motifs is 1. The summed E-state index contributed by atoms with van der Waals surface area (Å²) in [5.41, 5.74) is 0.381. The zero-order chi connectivity index (χ0) is 13.2. The first-order chi connectivity index (χ1) is 8.50. The molecule has 0 bridgehead atoms. The molecule has 1 aliphatic carbocycles. The van der Waals surface area contributed by atoms with Crippen molar-refractivity contribution in [2.24, 2.45) is 17.3 Å². The standard InChI is InChI=1S/C16H32N2/c1-5-17-15(16(2,3)4)9-10-18-11-13-7-6-8-14(13)12-18/h13-15,17H,5-12H2,1-4H3. The van der Waals surface area contributed by atoms with Crippen LogP contribution in [0, 0.1) is 17.3 Å². The third-order valence-electron chi connectivity index (χ3n) is 5.03. The van der Waals surface area contributed by atoms with E-state index >= 15 is 0 Å². The molecular formula is C16H32N2. The topological polar surface area (TPSA) is 15.3 Å². The van der Waals surface area contributed by atoms with E-state index in [1.54, 1.807) is 0 Å². The molecule has 0 spiro atoms. The van der Waals surface area contributed by atoms with Crippen LogP contribution in [0.1, 0.15) is 53.4 Å². The average molecular weight is 252 g/mol. The van der Waals surface area contributed by atoms with Crippen LogP contribution < -0.4 is 5.32 Å². The lowest BCUT2D eigenvalue weighted by molar-refractivity contribution is 0.218. The van der Waals surface area contributed by atoms with Crippen LogP contribution in [0.15, 0.2) is 0 Å². The molecule has 3 atom stereocenters. The van der Waals surface area contributed by atoms with Crippen molar-refractivity contribution in [2.75, 3.05) is 26.2 Å². The van der Waals surface area contributed by atoms with Crippen molar-refractivity contribution in [1.82, 2.24) is 10.2 Å². The van der Waals surface area contributed by atoms with E-state index in [0.717, 1.165) is 18.4 Å². The van der Waals surface area contributed by atoms with Crippen LogP contribution in [0.2, 0.25) is 0 Å². The lowest BCUT2D eigenvalue weighted by Gasteiger charge is -2.33. The van der Waals surface area contributed by atoms with Crippen LogP contribution >= 0.6 is 0 Å². The van der Waals surface area contributed by atoms with Gasteiger partial charge in [-0.15, -0.1) is 0 Å². The number of nitrogens with one attached hydrogen (secondary N) is 1. The highest BCUT2D eigenvalue weighted by Gasteiger charge is 2.36. The highest BCUT2D eigenvalue weighted by molar-refractivity contribution is 4.89. The summed E-state index contributed by atoms with van der Waals surface area (Å²) in [6.45, 7) is 14.5. The summed E-state index contributed by atoms with van der Waals surface area (Å²) < 4.78 is 0. The summed E-state index contributed by atoms with van der Waals surface area (Å²) in [6.07, 6.45) is 5.79. The van der Waals surface area contributed by atoms with Gasteiger partial charge in [-0.1, -0.05) is 34.1 Å². The van der Waals surface area contributed by atoms with Crippen molar-refractivity contribution in [2.45, 2.75) is 59.4 Å². The van der Waals surface area contributed by atoms with Crippen molar-refractivity contribution >= 4 is 0 Å². The van der Waals surface area contributed by atoms with Gasteiger partial charge in [0, 0.05) is 19.1 Å². The molecule has 1 saturated heterocycles. The normalized spacial score (nSPS) is 30.7. The second-order valence-electron chi connectivity index (χ2n) is 7.48. The molecule has 1 heterocycles. The van der Waals surface area contributed by atoms with Crippen LogP contribution in [0.25, 0.3) is 0 Å². The largest absolute Gasteiger partial charge is 0.314 e. The molecule has 3 unspecified atom stereocenters. The highest BCUT2D eigenvalue weighted by Crippen LogP contribution is 2.37. The van der Waals surface area contributed by atoms with E-state index in [1.807, 2.05) is 0 Å². The minimum absolute atomic E-state index is 0.381. The number of rotatable bonds is 5. The second kappa shape index (κ2) is 5.92. The molecule has 2 aliphatic rings. The lowest BCUT2D eigenvalue weighted by Crippen LogP contribution is -2.42. The fourth-order valence-electron chi connectivity index (χ4n) is 3.91. The molecule has 18 heavy (non-hydrogen) atoms. The zero-order valence-corrected chi connectivity index (χ0v) is 12.8. The van der Waals surface area contributed by atoms with Crippen LogP contribution in [0.5, 0.6) is 0 Å². The molecule has 0 aromatic rings. The van der Waals surface area contributed by atoms with Gasteiger partial charge in [0.15, 0.2) is 0 Å². The minimum Gasteiger partial charge on any atom is -0.314 e. The molecule has 2 heteroatoms. The predicted octanol–water partition coefficient (Wildman–Crippen LogP) is 3.13. The maximum Gasteiger partial charge on any atom is 0.0128 e. The van der Waals surface area contributed by atoms with Gasteiger partial charge in [0.2, 0.25) is 0 Å². The zero-order valence-electron chi connectivity index (χ0n) is 12.8. The number of hydrogen-bond donors (Lipinski definition) is 1.